The van der Waals surface area contributed by atoms with Crippen molar-refractivity contribution in [1.29, 1.82) is 0 Å². The number of rotatable bonds is 10. The molecule has 1 saturated heterocycles. The van der Waals surface area contributed by atoms with Gasteiger partial charge in [0.15, 0.2) is 0 Å². The highest BCUT2D eigenvalue weighted by molar-refractivity contribution is 5.34. The van der Waals surface area contributed by atoms with Crippen molar-refractivity contribution in [3.05, 3.63) is 18.0 Å². The monoisotopic (exact) mass is 297 g/mol. The van der Waals surface area contributed by atoms with Crippen LogP contribution in [0.3, 0.4) is 0 Å². The average Bonchev–Trinajstić information content (AvgIpc) is 2.48. The molecule has 0 saturated carbocycles. The van der Waals surface area contributed by atoms with Gasteiger partial charge in [0.05, 0.1) is 45.3 Å². The predicted molar refractivity (Wildman–Crippen MR) is 77.2 cm³/mol. The summed E-state index contributed by atoms with van der Waals surface area (Å²) in [7, 11) is 1.65. The Labute approximate surface area is 124 Å². The normalized spacial score (nSPS) is 15.2. The summed E-state index contributed by atoms with van der Waals surface area (Å²) in [6, 6.07) is 1.72. The Balaban J connectivity index is 1.55. The molecule has 1 aromatic rings. The fourth-order valence-corrected chi connectivity index (χ4v) is 2.08. The van der Waals surface area contributed by atoms with Gasteiger partial charge in [0, 0.05) is 32.3 Å². The Kier molecular flexibility index (Phi) is 6.81. The summed E-state index contributed by atoms with van der Waals surface area (Å²) in [4.78, 5) is 10.6. The van der Waals surface area contributed by atoms with E-state index < -0.39 is 0 Å². The number of hydrogen-bond acceptors (Lipinski definition) is 7. The van der Waals surface area contributed by atoms with Crippen LogP contribution >= 0.6 is 0 Å². The lowest BCUT2D eigenvalue weighted by atomic mass is 10.0. The van der Waals surface area contributed by atoms with E-state index in [4.69, 9.17) is 19.3 Å². The van der Waals surface area contributed by atoms with Crippen LogP contribution in [-0.2, 0) is 20.8 Å². The minimum atomic E-state index is -0.0566. The van der Waals surface area contributed by atoms with Crippen LogP contribution in [0.1, 0.15) is 5.69 Å². The summed E-state index contributed by atoms with van der Waals surface area (Å²) in [5, 5.41) is 9.06. The SMILES string of the molecule is COCCOCCOCC1CN(c2nccc(CO)n2)C1. The zero-order valence-electron chi connectivity index (χ0n) is 12.4. The molecule has 2 heterocycles. The van der Waals surface area contributed by atoms with Gasteiger partial charge >= 0.3 is 0 Å². The van der Waals surface area contributed by atoms with Crippen molar-refractivity contribution in [3.8, 4) is 0 Å². The highest BCUT2D eigenvalue weighted by Crippen LogP contribution is 2.21. The van der Waals surface area contributed by atoms with E-state index in [0.29, 0.717) is 44.0 Å². The first kappa shape index (κ1) is 16.1. The van der Waals surface area contributed by atoms with E-state index in [0.717, 1.165) is 19.7 Å². The Morgan fingerprint density at radius 3 is 2.76 bits per heavy atom. The van der Waals surface area contributed by atoms with Gasteiger partial charge in [-0.2, -0.15) is 0 Å². The largest absolute Gasteiger partial charge is 0.390 e. The smallest absolute Gasteiger partial charge is 0.225 e. The number of hydrogen-bond donors (Lipinski definition) is 1. The first-order valence-electron chi connectivity index (χ1n) is 7.15. The maximum atomic E-state index is 9.06. The van der Waals surface area contributed by atoms with Crippen LogP contribution in [0.5, 0.6) is 0 Å². The molecular weight excluding hydrogens is 274 g/mol. The molecule has 1 N–H and O–H groups in total. The zero-order chi connectivity index (χ0) is 14.9. The van der Waals surface area contributed by atoms with Gasteiger partial charge in [-0.1, -0.05) is 0 Å². The van der Waals surface area contributed by atoms with Crippen LogP contribution in [-0.4, -0.2) is 68.3 Å². The van der Waals surface area contributed by atoms with Crippen molar-refractivity contribution in [2.24, 2.45) is 5.92 Å². The lowest BCUT2D eigenvalue weighted by Gasteiger charge is -2.39. The predicted octanol–water partition coefficient (Wildman–Crippen LogP) is 0.0847. The van der Waals surface area contributed by atoms with E-state index in [1.165, 1.54) is 0 Å². The topological polar surface area (TPSA) is 76.9 Å². The van der Waals surface area contributed by atoms with E-state index >= 15 is 0 Å². The molecule has 0 aromatic carbocycles. The molecule has 1 aliphatic heterocycles. The van der Waals surface area contributed by atoms with Crippen molar-refractivity contribution in [3.63, 3.8) is 0 Å². The summed E-state index contributed by atoms with van der Waals surface area (Å²) < 4.78 is 15.8. The molecule has 7 heteroatoms. The quantitative estimate of drug-likeness (QED) is 0.613. The van der Waals surface area contributed by atoms with Crippen molar-refractivity contribution in [1.82, 2.24) is 9.97 Å². The maximum absolute atomic E-state index is 9.06. The number of ether oxygens (including phenoxy) is 3. The first-order chi connectivity index (χ1) is 10.3. The average molecular weight is 297 g/mol. The van der Waals surface area contributed by atoms with Crippen LogP contribution in [0, 0.1) is 5.92 Å². The molecule has 1 fully saturated rings. The molecule has 0 atom stereocenters. The summed E-state index contributed by atoms with van der Waals surface area (Å²) in [5.74, 6) is 1.19. The fraction of sp³-hybridized carbons (Fsp3) is 0.714. The summed E-state index contributed by atoms with van der Waals surface area (Å²) in [6.07, 6.45) is 1.68. The molecule has 7 nitrogen and oxygen atoms in total. The number of aromatic nitrogens is 2. The molecule has 2 rings (SSSR count). The summed E-state index contributed by atoms with van der Waals surface area (Å²) >= 11 is 0. The standard InChI is InChI=1S/C14H23N3O4/c1-19-4-5-20-6-7-21-11-12-8-17(9-12)14-15-3-2-13(10-18)16-14/h2-3,12,18H,4-11H2,1H3. The molecule has 1 aliphatic rings. The van der Waals surface area contributed by atoms with Gasteiger partial charge in [0.1, 0.15) is 0 Å². The third-order valence-electron chi connectivity index (χ3n) is 3.26. The molecule has 21 heavy (non-hydrogen) atoms. The number of aliphatic hydroxyl groups excluding tert-OH is 1. The number of aliphatic hydroxyl groups is 1. The second-order valence-corrected chi connectivity index (χ2v) is 4.96. The zero-order valence-corrected chi connectivity index (χ0v) is 12.4. The van der Waals surface area contributed by atoms with Gasteiger partial charge in [0.25, 0.3) is 0 Å². The molecule has 0 bridgehead atoms. The summed E-state index contributed by atoms with van der Waals surface area (Å²) in [5.41, 5.74) is 0.646. The van der Waals surface area contributed by atoms with Crippen molar-refractivity contribution in [2.45, 2.75) is 6.61 Å². The highest BCUT2D eigenvalue weighted by atomic mass is 16.5. The Morgan fingerprint density at radius 1 is 1.24 bits per heavy atom. The van der Waals surface area contributed by atoms with Crippen LogP contribution in [0.15, 0.2) is 12.3 Å². The number of anilines is 1. The molecular formula is C14H23N3O4. The van der Waals surface area contributed by atoms with Gasteiger partial charge in [0.2, 0.25) is 5.95 Å². The van der Waals surface area contributed by atoms with E-state index in [2.05, 4.69) is 14.9 Å². The Hall–Kier alpha value is -1.28. The molecule has 0 radical (unpaired) electrons. The van der Waals surface area contributed by atoms with Crippen molar-refractivity contribution < 1.29 is 19.3 Å². The van der Waals surface area contributed by atoms with Crippen molar-refractivity contribution >= 4 is 5.95 Å². The third-order valence-corrected chi connectivity index (χ3v) is 3.26. The molecule has 118 valence electrons. The van der Waals surface area contributed by atoms with Gasteiger partial charge < -0.3 is 24.2 Å². The minimum absolute atomic E-state index is 0.0566. The second-order valence-electron chi connectivity index (χ2n) is 4.96. The van der Waals surface area contributed by atoms with Crippen LogP contribution in [0.25, 0.3) is 0 Å². The van der Waals surface area contributed by atoms with Crippen LogP contribution < -0.4 is 4.90 Å². The van der Waals surface area contributed by atoms with Gasteiger partial charge in [-0.3, -0.25) is 0 Å². The molecule has 0 aliphatic carbocycles. The van der Waals surface area contributed by atoms with Gasteiger partial charge in [-0.25, -0.2) is 9.97 Å². The van der Waals surface area contributed by atoms with E-state index in [-0.39, 0.29) is 6.61 Å². The van der Waals surface area contributed by atoms with Crippen LogP contribution in [0.4, 0.5) is 5.95 Å². The Morgan fingerprint density at radius 2 is 2.00 bits per heavy atom. The third kappa shape index (κ3) is 5.20. The lowest BCUT2D eigenvalue weighted by molar-refractivity contribution is 0.0127. The van der Waals surface area contributed by atoms with Crippen LogP contribution in [0.2, 0.25) is 0 Å². The van der Waals surface area contributed by atoms with Crippen molar-refractivity contribution in [2.75, 3.05) is 58.1 Å². The van der Waals surface area contributed by atoms with E-state index in [1.54, 1.807) is 19.4 Å². The highest BCUT2D eigenvalue weighted by Gasteiger charge is 2.28. The molecule has 0 spiro atoms. The minimum Gasteiger partial charge on any atom is -0.390 e. The molecule has 1 aromatic heterocycles. The first-order valence-corrected chi connectivity index (χ1v) is 7.15. The molecule has 0 unspecified atom stereocenters. The van der Waals surface area contributed by atoms with Gasteiger partial charge in [-0.05, 0) is 6.07 Å². The number of nitrogens with zero attached hydrogens (tertiary/aromatic N) is 3. The lowest BCUT2D eigenvalue weighted by Crippen LogP contribution is -2.49. The number of methoxy groups -OCH3 is 1. The molecule has 0 amide bonds. The second kappa shape index (κ2) is 8.89. The Bertz CT molecular complexity index is 413. The van der Waals surface area contributed by atoms with E-state index in [1.807, 2.05) is 0 Å². The maximum Gasteiger partial charge on any atom is 0.225 e. The van der Waals surface area contributed by atoms with E-state index in [9.17, 15) is 0 Å². The van der Waals surface area contributed by atoms with Gasteiger partial charge in [-0.15, -0.1) is 0 Å². The summed E-state index contributed by atoms with van der Waals surface area (Å²) in [6.45, 7) is 4.87. The fourth-order valence-electron chi connectivity index (χ4n) is 2.08.